The highest BCUT2D eigenvalue weighted by Crippen LogP contribution is 2.26. The van der Waals surface area contributed by atoms with Crippen molar-refractivity contribution in [3.63, 3.8) is 0 Å². The summed E-state index contributed by atoms with van der Waals surface area (Å²) in [5.41, 5.74) is 1.73. The largest absolute Gasteiger partial charge is 0.423 e. The molecule has 0 saturated carbocycles. The van der Waals surface area contributed by atoms with Gasteiger partial charge in [-0.25, -0.2) is 9.18 Å². The summed E-state index contributed by atoms with van der Waals surface area (Å²) < 4.78 is 18.1. The van der Waals surface area contributed by atoms with Gasteiger partial charge in [0, 0.05) is 6.08 Å². The van der Waals surface area contributed by atoms with Crippen LogP contribution in [0.5, 0.6) is 5.75 Å². The monoisotopic (exact) mass is 284 g/mol. The molecule has 2 aromatic rings. The van der Waals surface area contributed by atoms with E-state index < -0.39 is 5.97 Å². The van der Waals surface area contributed by atoms with E-state index in [1.807, 2.05) is 32.0 Å². The summed E-state index contributed by atoms with van der Waals surface area (Å²) in [6.07, 6.45) is 2.93. The van der Waals surface area contributed by atoms with Gasteiger partial charge in [-0.1, -0.05) is 44.2 Å². The van der Waals surface area contributed by atoms with Crippen LogP contribution in [-0.4, -0.2) is 5.97 Å². The molecule has 21 heavy (non-hydrogen) atoms. The Balaban J connectivity index is 2.07. The molecule has 0 saturated heterocycles. The van der Waals surface area contributed by atoms with Gasteiger partial charge in [-0.2, -0.15) is 0 Å². The Morgan fingerprint density at radius 2 is 1.76 bits per heavy atom. The Bertz CT molecular complexity index is 643. The third kappa shape index (κ3) is 4.28. The standard InChI is InChI=1S/C18H17FO2/c1-13(2)16-5-3-4-6-17(16)21-18(20)12-9-14-7-10-15(19)11-8-14/h3-13H,1-2H3. The third-order valence-corrected chi connectivity index (χ3v) is 3.03. The molecule has 0 fully saturated rings. The quantitative estimate of drug-likeness (QED) is 0.467. The molecule has 0 unspecified atom stereocenters. The molecule has 2 aromatic carbocycles. The molecule has 2 rings (SSSR count). The number of ether oxygens (including phenoxy) is 1. The topological polar surface area (TPSA) is 26.3 Å². The van der Waals surface area contributed by atoms with E-state index in [2.05, 4.69) is 0 Å². The van der Waals surface area contributed by atoms with Crippen molar-refractivity contribution in [2.45, 2.75) is 19.8 Å². The zero-order valence-corrected chi connectivity index (χ0v) is 12.0. The fourth-order valence-electron chi connectivity index (χ4n) is 1.93. The normalized spacial score (nSPS) is 11.0. The first-order valence-electron chi connectivity index (χ1n) is 6.80. The summed E-state index contributed by atoms with van der Waals surface area (Å²) in [6.45, 7) is 4.09. The lowest BCUT2D eigenvalue weighted by atomic mass is 10.0. The Labute approximate surface area is 123 Å². The lowest BCUT2D eigenvalue weighted by molar-refractivity contribution is -0.128. The maximum atomic E-state index is 12.8. The van der Waals surface area contributed by atoms with E-state index in [4.69, 9.17) is 4.74 Å². The summed E-state index contributed by atoms with van der Waals surface area (Å²) in [6, 6.07) is 13.4. The Morgan fingerprint density at radius 1 is 1.10 bits per heavy atom. The minimum absolute atomic E-state index is 0.273. The highest BCUT2D eigenvalue weighted by atomic mass is 19.1. The summed E-state index contributed by atoms with van der Waals surface area (Å²) in [5, 5.41) is 0. The Morgan fingerprint density at radius 3 is 2.43 bits per heavy atom. The molecule has 0 aliphatic carbocycles. The zero-order chi connectivity index (χ0) is 15.2. The van der Waals surface area contributed by atoms with Crippen LogP contribution in [-0.2, 0) is 4.79 Å². The van der Waals surface area contributed by atoms with E-state index >= 15 is 0 Å². The van der Waals surface area contributed by atoms with Crippen LogP contribution in [0.15, 0.2) is 54.6 Å². The van der Waals surface area contributed by atoms with Crippen molar-refractivity contribution in [1.29, 1.82) is 0 Å². The summed E-state index contributed by atoms with van der Waals surface area (Å²) in [4.78, 5) is 11.8. The highest BCUT2D eigenvalue weighted by molar-refractivity contribution is 5.88. The summed E-state index contributed by atoms with van der Waals surface area (Å²) in [5.74, 6) is 0.0874. The lowest BCUT2D eigenvalue weighted by Crippen LogP contribution is -2.06. The molecule has 0 aromatic heterocycles. The van der Waals surface area contributed by atoms with Crippen molar-refractivity contribution in [3.8, 4) is 5.75 Å². The van der Waals surface area contributed by atoms with Crippen LogP contribution in [0, 0.1) is 5.82 Å². The molecule has 0 radical (unpaired) electrons. The van der Waals surface area contributed by atoms with Crippen LogP contribution in [0.4, 0.5) is 4.39 Å². The van der Waals surface area contributed by atoms with Crippen LogP contribution in [0.3, 0.4) is 0 Å². The van der Waals surface area contributed by atoms with Gasteiger partial charge in [-0.15, -0.1) is 0 Å². The predicted octanol–water partition coefficient (Wildman–Crippen LogP) is 4.57. The molecule has 2 nitrogen and oxygen atoms in total. The number of para-hydroxylation sites is 1. The fourth-order valence-corrected chi connectivity index (χ4v) is 1.93. The van der Waals surface area contributed by atoms with Gasteiger partial charge in [0.2, 0.25) is 0 Å². The number of hydrogen-bond donors (Lipinski definition) is 0. The van der Waals surface area contributed by atoms with Gasteiger partial charge in [-0.05, 0) is 41.3 Å². The number of benzene rings is 2. The Hall–Kier alpha value is -2.42. The third-order valence-electron chi connectivity index (χ3n) is 3.03. The van der Waals surface area contributed by atoms with Gasteiger partial charge < -0.3 is 4.74 Å². The zero-order valence-electron chi connectivity index (χ0n) is 12.0. The average molecular weight is 284 g/mol. The molecular formula is C18H17FO2. The molecule has 0 aliphatic rings. The van der Waals surface area contributed by atoms with Crippen molar-refractivity contribution in [1.82, 2.24) is 0 Å². The van der Waals surface area contributed by atoms with Gasteiger partial charge in [0.1, 0.15) is 11.6 Å². The second kappa shape index (κ2) is 6.84. The predicted molar refractivity (Wildman–Crippen MR) is 81.6 cm³/mol. The number of carbonyl (C=O) groups is 1. The molecular weight excluding hydrogens is 267 g/mol. The van der Waals surface area contributed by atoms with E-state index in [1.54, 1.807) is 24.3 Å². The van der Waals surface area contributed by atoms with E-state index in [0.717, 1.165) is 11.1 Å². The van der Waals surface area contributed by atoms with Gasteiger partial charge in [0.25, 0.3) is 0 Å². The van der Waals surface area contributed by atoms with Crippen molar-refractivity contribution >= 4 is 12.0 Å². The maximum absolute atomic E-state index is 12.8. The molecule has 0 amide bonds. The number of carbonyl (C=O) groups excluding carboxylic acids is 1. The van der Waals surface area contributed by atoms with Gasteiger partial charge in [0.05, 0.1) is 0 Å². The van der Waals surface area contributed by atoms with E-state index in [-0.39, 0.29) is 11.7 Å². The first kappa shape index (κ1) is 15.0. The van der Waals surface area contributed by atoms with Crippen molar-refractivity contribution in [3.05, 3.63) is 71.6 Å². The van der Waals surface area contributed by atoms with Crippen LogP contribution in [0.1, 0.15) is 30.9 Å². The van der Waals surface area contributed by atoms with Crippen LogP contribution < -0.4 is 4.74 Å². The second-order valence-corrected chi connectivity index (χ2v) is 5.00. The van der Waals surface area contributed by atoms with Crippen molar-refractivity contribution in [2.75, 3.05) is 0 Å². The second-order valence-electron chi connectivity index (χ2n) is 5.00. The minimum Gasteiger partial charge on any atom is -0.423 e. The van der Waals surface area contributed by atoms with Gasteiger partial charge >= 0.3 is 5.97 Å². The molecule has 0 spiro atoms. The van der Waals surface area contributed by atoms with Crippen LogP contribution >= 0.6 is 0 Å². The van der Waals surface area contributed by atoms with Crippen molar-refractivity contribution < 1.29 is 13.9 Å². The molecule has 0 bridgehead atoms. The fraction of sp³-hybridized carbons (Fsp3) is 0.167. The molecule has 0 N–H and O–H groups in total. The summed E-state index contributed by atoms with van der Waals surface area (Å²) >= 11 is 0. The molecule has 0 atom stereocenters. The molecule has 108 valence electrons. The van der Waals surface area contributed by atoms with E-state index in [1.165, 1.54) is 18.2 Å². The Kier molecular flexibility index (Phi) is 4.88. The lowest BCUT2D eigenvalue weighted by Gasteiger charge is -2.11. The summed E-state index contributed by atoms with van der Waals surface area (Å²) in [7, 11) is 0. The molecule has 0 heterocycles. The number of hydrogen-bond acceptors (Lipinski definition) is 2. The number of esters is 1. The smallest absolute Gasteiger partial charge is 0.336 e. The molecule has 0 aliphatic heterocycles. The first-order chi connectivity index (χ1) is 10.1. The maximum Gasteiger partial charge on any atom is 0.336 e. The first-order valence-corrected chi connectivity index (χ1v) is 6.80. The van der Waals surface area contributed by atoms with E-state index in [9.17, 15) is 9.18 Å². The average Bonchev–Trinajstić information content (AvgIpc) is 2.47. The highest BCUT2D eigenvalue weighted by Gasteiger charge is 2.09. The van der Waals surface area contributed by atoms with Crippen LogP contribution in [0.25, 0.3) is 6.08 Å². The van der Waals surface area contributed by atoms with E-state index in [0.29, 0.717) is 5.75 Å². The number of halogens is 1. The molecule has 3 heteroatoms. The van der Waals surface area contributed by atoms with Gasteiger partial charge in [0.15, 0.2) is 0 Å². The van der Waals surface area contributed by atoms with Crippen molar-refractivity contribution in [2.24, 2.45) is 0 Å². The number of rotatable bonds is 4. The van der Waals surface area contributed by atoms with Gasteiger partial charge in [-0.3, -0.25) is 0 Å². The van der Waals surface area contributed by atoms with Crippen LogP contribution in [0.2, 0.25) is 0 Å². The minimum atomic E-state index is -0.451. The SMILES string of the molecule is CC(C)c1ccccc1OC(=O)C=Cc1ccc(F)cc1.